The number of hydrogen-bond acceptors (Lipinski definition) is 3. The van der Waals surface area contributed by atoms with Gasteiger partial charge in [0.2, 0.25) is 0 Å². The lowest BCUT2D eigenvalue weighted by molar-refractivity contribution is -0.155. The van der Waals surface area contributed by atoms with Crippen LogP contribution in [0.25, 0.3) is 0 Å². The van der Waals surface area contributed by atoms with Gasteiger partial charge in [-0.2, -0.15) is 0 Å². The molecular formula is C8H12O3. The van der Waals surface area contributed by atoms with Crippen LogP contribution in [-0.2, 0) is 9.53 Å². The van der Waals surface area contributed by atoms with Crippen LogP contribution in [-0.4, -0.2) is 23.3 Å². The third kappa shape index (κ3) is 2.35. The molecule has 3 heteroatoms. The van der Waals surface area contributed by atoms with Gasteiger partial charge in [-0.05, 0) is 25.8 Å². The second-order valence-electron chi connectivity index (χ2n) is 2.66. The Bertz CT molecular complexity index is 172. The van der Waals surface area contributed by atoms with E-state index < -0.39 is 12.1 Å². The maximum absolute atomic E-state index is 10.8. The standard InChI is InChI=1S/C8H12O3/c1-6(9)8(10)11-7-4-2-3-5-7/h2,4,6-7,9H,3,5H2,1H3. The van der Waals surface area contributed by atoms with E-state index in [0.29, 0.717) is 0 Å². The van der Waals surface area contributed by atoms with Gasteiger partial charge in [0.25, 0.3) is 0 Å². The Morgan fingerprint density at radius 1 is 1.82 bits per heavy atom. The van der Waals surface area contributed by atoms with Gasteiger partial charge >= 0.3 is 5.97 Å². The van der Waals surface area contributed by atoms with Crippen molar-refractivity contribution in [2.45, 2.75) is 32.0 Å². The van der Waals surface area contributed by atoms with Crippen molar-refractivity contribution in [2.24, 2.45) is 0 Å². The van der Waals surface area contributed by atoms with E-state index in [1.54, 1.807) is 0 Å². The van der Waals surface area contributed by atoms with Gasteiger partial charge in [0.1, 0.15) is 12.2 Å². The predicted octanol–water partition coefficient (Wildman–Crippen LogP) is 0.629. The largest absolute Gasteiger partial charge is 0.456 e. The Kier molecular flexibility index (Phi) is 2.65. The molecule has 0 aromatic carbocycles. The highest BCUT2D eigenvalue weighted by atomic mass is 16.6. The molecule has 0 radical (unpaired) electrons. The van der Waals surface area contributed by atoms with Crippen LogP contribution in [0.1, 0.15) is 19.8 Å². The molecule has 3 nitrogen and oxygen atoms in total. The van der Waals surface area contributed by atoms with Gasteiger partial charge in [-0.25, -0.2) is 4.79 Å². The molecule has 1 N–H and O–H groups in total. The van der Waals surface area contributed by atoms with Gasteiger partial charge in [0.05, 0.1) is 0 Å². The van der Waals surface area contributed by atoms with E-state index >= 15 is 0 Å². The highest BCUT2D eigenvalue weighted by Crippen LogP contribution is 2.13. The number of carbonyl (C=O) groups excluding carboxylic acids is 1. The Balaban J connectivity index is 2.30. The quantitative estimate of drug-likeness (QED) is 0.471. The third-order valence-corrected chi connectivity index (χ3v) is 1.58. The van der Waals surface area contributed by atoms with Gasteiger partial charge in [-0.3, -0.25) is 0 Å². The molecule has 0 aromatic heterocycles. The van der Waals surface area contributed by atoms with Crippen LogP contribution in [0, 0.1) is 0 Å². The number of aliphatic hydroxyl groups excluding tert-OH is 1. The first-order valence-electron chi connectivity index (χ1n) is 3.75. The van der Waals surface area contributed by atoms with Crippen LogP contribution < -0.4 is 0 Å². The Labute approximate surface area is 65.7 Å². The molecule has 1 rings (SSSR count). The zero-order chi connectivity index (χ0) is 8.27. The summed E-state index contributed by atoms with van der Waals surface area (Å²) in [7, 11) is 0. The van der Waals surface area contributed by atoms with Crippen molar-refractivity contribution in [3.63, 3.8) is 0 Å². The molecule has 62 valence electrons. The van der Waals surface area contributed by atoms with Crippen molar-refractivity contribution in [3.8, 4) is 0 Å². The summed E-state index contributed by atoms with van der Waals surface area (Å²) in [6.07, 6.45) is 4.50. The minimum atomic E-state index is -1.01. The fraction of sp³-hybridized carbons (Fsp3) is 0.625. The normalized spacial score (nSPS) is 25.1. The van der Waals surface area contributed by atoms with Crippen LogP contribution in [0.2, 0.25) is 0 Å². The maximum Gasteiger partial charge on any atom is 0.335 e. The summed E-state index contributed by atoms with van der Waals surface area (Å²) < 4.78 is 4.90. The van der Waals surface area contributed by atoms with E-state index in [4.69, 9.17) is 9.84 Å². The number of hydrogen-bond donors (Lipinski definition) is 1. The molecule has 0 amide bonds. The molecule has 0 saturated carbocycles. The highest BCUT2D eigenvalue weighted by molar-refractivity contribution is 5.74. The first-order valence-corrected chi connectivity index (χ1v) is 3.75. The molecule has 0 spiro atoms. The zero-order valence-corrected chi connectivity index (χ0v) is 6.49. The van der Waals surface area contributed by atoms with Crippen molar-refractivity contribution in [3.05, 3.63) is 12.2 Å². The lowest BCUT2D eigenvalue weighted by Crippen LogP contribution is -2.23. The van der Waals surface area contributed by atoms with Crippen molar-refractivity contribution < 1.29 is 14.6 Å². The number of allylic oxidation sites excluding steroid dienone is 1. The Hall–Kier alpha value is -0.830. The maximum atomic E-state index is 10.8. The highest BCUT2D eigenvalue weighted by Gasteiger charge is 2.17. The van der Waals surface area contributed by atoms with E-state index in [1.807, 2.05) is 12.2 Å². The van der Waals surface area contributed by atoms with E-state index in [-0.39, 0.29) is 6.10 Å². The van der Waals surface area contributed by atoms with Crippen molar-refractivity contribution in [2.75, 3.05) is 0 Å². The van der Waals surface area contributed by atoms with E-state index in [1.165, 1.54) is 6.92 Å². The fourth-order valence-electron chi connectivity index (χ4n) is 0.951. The Morgan fingerprint density at radius 3 is 3.00 bits per heavy atom. The van der Waals surface area contributed by atoms with Gasteiger partial charge in [0.15, 0.2) is 0 Å². The average Bonchev–Trinajstić information content (AvgIpc) is 2.39. The van der Waals surface area contributed by atoms with Crippen molar-refractivity contribution >= 4 is 5.97 Å². The number of rotatable bonds is 2. The first-order chi connectivity index (χ1) is 5.20. The molecule has 0 heterocycles. The molecule has 1 aliphatic carbocycles. The molecule has 0 saturated heterocycles. The minimum absolute atomic E-state index is 0.114. The molecule has 2 atom stereocenters. The SMILES string of the molecule is CC(O)C(=O)OC1C=CCC1. The van der Waals surface area contributed by atoms with Crippen LogP contribution in [0.5, 0.6) is 0 Å². The number of ether oxygens (including phenoxy) is 1. The second-order valence-corrected chi connectivity index (χ2v) is 2.66. The van der Waals surface area contributed by atoms with E-state index in [2.05, 4.69) is 0 Å². The summed E-state index contributed by atoms with van der Waals surface area (Å²) in [5.41, 5.74) is 0. The van der Waals surface area contributed by atoms with Crippen LogP contribution in [0.15, 0.2) is 12.2 Å². The lowest BCUT2D eigenvalue weighted by Gasteiger charge is -2.10. The predicted molar refractivity (Wildman–Crippen MR) is 39.9 cm³/mol. The molecule has 0 bridgehead atoms. The molecule has 0 aliphatic heterocycles. The van der Waals surface area contributed by atoms with Gasteiger partial charge in [0, 0.05) is 0 Å². The number of esters is 1. The molecular weight excluding hydrogens is 144 g/mol. The summed E-state index contributed by atoms with van der Waals surface area (Å²) in [4.78, 5) is 10.8. The smallest absolute Gasteiger partial charge is 0.335 e. The fourth-order valence-corrected chi connectivity index (χ4v) is 0.951. The van der Waals surface area contributed by atoms with Gasteiger partial charge in [-0.15, -0.1) is 0 Å². The molecule has 0 aromatic rings. The van der Waals surface area contributed by atoms with Crippen molar-refractivity contribution in [1.82, 2.24) is 0 Å². The van der Waals surface area contributed by atoms with Gasteiger partial charge < -0.3 is 9.84 Å². The second kappa shape index (κ2) is 3.53. The van der Waals surface area contributed by atoms with Crippen LogP contribution >= 0.6 is 0 Å². The summed E-state index contributed by atoms with van der Waals surface area (Å²) in [6.45, 7) is 1.40. The molecule has 1 aliphatic rings. The molecule has 0 fully saturated rings. The summed E-state index contributed by atoms with van der Waals surface area (Å²) in [5, 5.41) is 8.78. The zero-order valence-electron chi connectivity index (χ0n) is 6.49. The monoisotopic (exact) mass is 156 g/mol. The topological polar surface area (TPSA) is 46.5 Å². The van der Waals surface area contributed by atoms with Gasteiger partial charge in [-0.1, -0.05) is 6.08 Å². The summed E-state index contributed by atoms with van der Waals surface area (Å²) >= 11 is 0. The van der Waals surface area contributed by atoms with Crippen molar-refractivity contribution in [1.29, 1.82) is 0 Å². The van der Waals surface area contributed by atoms with E-state index in [9.17, 15) is 4.79 Å². The minimum Gasteiger partial charge on any atom is -0.456 e. The molecule has 2 unspecified atom stereocenters. The molecule has 11 heavy (non-hydrogen) atoms. The summed E-state index contributed by atoms with van der Waals surface area (Å²) in [5.74, 6) is -0.540. The third-order valence-electron chi connectivity index (χ3n) is 1.58. The Morgan fingerprint density at radius 2 is 2.55 bits per heavy atom. The lowest BCUT2D eigenvalue weighted by atomic mass is 10.3. The first kappa shape index (κ1) is 8.27. The van der Waals surface area contributed by atoms with Crippen LogP contribution in [0.4, 0.5) is 0 Å². The summed E-state index contributed by atoms with van der Waals surface area (Å²) in [6, 6.07) is 0. The number of carbonyl (C=O) groups is 1. The average molecular weight is 156 g/mol. The van der Waals surface area contributed by atoms with Crippen LogP contribution in [0.3, 0.4) is 0 Å². The van der Waals surface area contributed by atoms with E-state index in [0.717, 1.165) is 12.8 Å². The number of aliphatic hydroxyl groups is 1.